The summed E-state index contributed by atoms with van der Waals surface area (Å²) >= 11 is 0. The first-order valence-electron chi connectivity index (χ1n) is 9.19. The Kier molecular flexibility index (Phi) is 6.61. The van der Waals surface area contributed by atoms with Gasteiger partial charge in [0.05, 0.1) is 13.2 Å². The maximum absolute atomic E-state index is 12.0. The number of aryl methyl sites for hydroxylation is 1. The fraction of sp³-hybridized carbons (Fsp3) is 0.667. The molecule has 2 amide bonds. The minimum atomic E-state index is -0.173. The number of aromatic nitrogens is 1. The molecule has 0 radical (unpaired) electrons. The summed E-state index contributed by atoms with van der Waals surface area (Å²) in [5, 5.41) is 5.80. The Bertz CT molecular complexity index is 562. The topological polar surface area (TPSA) is 69.7 Å². The molecule has 1 aromatic heterocycles. The number of ether oxygens (including phenoxy) is 1. The van der Waals surface area contributed by atoms with Crippen molar-refractivity contribution in [2.24, 2.45) is 5.92 Å². The molecular formula is C18H29N5O2. The second-order valence-corrected chi connectivity index (χ2v) is 6.91. The van der Waals surface area contributed by atoms with Crippen molar-refractivity contribution in [2.75, 3.05) is 64.3 Å². The Morgan fingerprint density at radius 3 is 2.88 bits per heavy atom. The molecule has 2 aliphatic heterocycles. The Balaban J connectivity index is 1.32. The van der Waals surface area contributed by atoms with Crippen molar-refractivity contribution in [1.29, 1.82) is 0 Å². The number of hydrogen-bond acceptors (Lipinski definition) is 5. The Hall–Kier alpha value is -1.70. The molecule has 0 unspecified atom stereocenters. The molecule has 2 N–H and O–H groups in total. The smallest absolute Gasteiger partial charge is 0.320 e. The maximum Gasteiger partial charge on any atom is 0.320 e. The molecule has 0 spiro atoms. The van der Waals surface area contributed by atoms with Crippen molar-refractivity contribution in [1.82, 2.24) is 20.1 Å². The van der Waals surface area contributed by atoms with Crippen LogP contribution in [0.2, 0.25) is 0 Å². The van der Waals surface area contributed by atoms with Gasteiger partial charge in [-0.1, -0.05) is 6.07 Å². The third kappa shape index (κ3) is 5.66. The summed E-state index contributed by atoms with van der Waals surface area (Å²) in [6.45, 7) is 10.9. The average Bonchev–Trinajstić information content (AvgIpc) is 3.09. The molecule has 138 valence electrons. The van der Waals surface area contributed by atoms with Crippen LogP contribution < -0.4 is 10.6 Å². The predicted octanol–water partition coefficient (Wildman–Crippen LogP) is 1.17. The van der Waals surface area contributed by atoms with Crippen LogP contribution in [0.25, 0.3) is 0 Å². The zero-order chi connectivity index (χ0) is 17.5. The highest BCUT2D eigenvalue weighted by atomic mass is 16.5. The molecule has 0 saturated carbocycles. The number of anilines is 1. The Labute approximate surface area is 149 Å². The van der Waals surface area contributed by atoms with E-state index in [2.05, 4.69) is 25.4 Å². The number of likely N-dealkylation sites (tertiary alicyclic amines) is 1. The number of pyridine rings is 1. The van der Waals surface area contributed by atoms with Gasteiger partial charge in [-0.05, 0) is 37.4 Å². The van der Waals surface area contributed by atoms with Crippen LogP contribution in [0.1, 0.15) is 12.0 Å². The van der Waals surface area contributed by atoms with E-state index >= 15 is 0 Å². The largest absolute Gasteiger partial charge is 0.379 e. The van der Waals surface area contributed by atoms with Crippen LogP contribution in [-0.2, 0) is 4.74 Å². The first-order valence-corrected chi connectivity index (χ1v) is 9.19. The van der Waals surface area contributed by atoms with Crippen molar-refractivity contribution < 1.29 is 9.53 Å². The van der Waals surface area contributed by atoms with Gasteiger partial charge in [-0.3, -0.25) is 10.2 Å². The first kappa shape index (κ1) is 18.1. The van der Waals surface area contributed by atoms with Gasteiger partial charge in [-0.25, -0.2) is 9.78 Å². The highest BCUT2D eigenvalue weighted by Crippen LogP contribution is 2.15. The van der Waals surface area contributed by atoms with Gasteiger partial charge in [-0.15, -0.1) is 0 Å². The number of urea groups is 1. The van der Waals surface area contributed by atoms with Gasteiger partial charge >= 0.3 is 6.03 Å². The molecule has 3 rings (SSSR count). The lowest BCUT2D eigenvalue weighted by atomic mass is 10.1. The molecule has 7 heteroatoms. The summed E-state index contributed by atoms with van der Waals surface area (Å²) in [5.74, 6) is 1.15. The van der Waals surface area contributed by atoms with Crippen LogP contribution in [0.4, 0.5) is 10.6 Å². The third-order valence-corrected chi connectivity index (χ3v) is 5.00. The highest BCUT2D eigenvalue weighted by molar-refractivity contribution is 5.88. The number of carbonyl (C=O) groups is 1. The second kappa shape index (κ2) is 9.12. The number of nitrogens with one attached hydrogen (secondary N) is 2. The van der Waals surface area contributed by atoms with Gasteiger partial charge < -0.3 is 15.0 Å². The molecular weight excluding hydrogens is 318 g/mol. The molecule has 3 heterocycles. The Morgan fingerprint density at radius 1 is 1.28 bits per heavy atom. The predicted molar refractivity (Wildman–Crippen MR) is 97.8 cm³/mol. The lowest BCUT2D eigenvalue weighted by Gasteiger charge is -2.28. The van der Waals surface area contributed by atoms with Crippen LogP contribution in [-0.4, -0.2) is 79.8 Å². The van der Waals surface area contributed by atoms with Crippen LogP contribution in [0.15, 0.2) is 18.3 Å². The zero-order valence-corrected chi connectivity index (χ0v) is 15.0. The van der Waals surface area contributed by atoms with E-state index in [1.165, 1.54) is 0 Å². The molecule has 1 atom stereocenters. The molecule has 2 fully saturated rings. The fourth-order valence-electron chi connectivity index (χ4n) is 3.40. The zero-order valence-electron chi connectivity index (χ0n) is 15.0. The quantitative estimate of drug-likeness (QED) is 0.808. The summed E-state index contributed by atoms with van der Waals surface area (Å²) in [5.41, 5.74) is 0.966. The van der Waals surface area contributed by atoms with E-state index in [1.54, 1.807) is 6.20 Å². The summed E-state index contributed by atoms with van der Waals surface area (Å²) in [6, 6.07) is 3.63. The summed E-state index contributed by atoms with van der Waals surface area (Å²) in [6.07, 6.45) is 2.83. The first-order chi connectivity index (χ1) is 12.2. The van der Waals surface area contributed by atoms with Gasteiger partial charge in [0, 0.05) is 45.5 Å². The number of hydrogen-bond donors (Lipinski definition) is 2. The van der Waals surface area contributed by atoms with Crippen molar-refractivity contribution in [3.8, 4) is 0 Å². The van der Waals surface area contributed by atoms with Crippen LogP contribution in [0.3, 0.4) is 0 Å². The lowest BCUT2D eigenvalue weighted by molar-refractivity contribution is 0.0343. The van der Waals surface area contributed by atoms with Gasteiger partial charge in [0.15, 0.2) is 0 Å². The van der Waals surface area contributed by atoms with Gasteiger partial charge in [0.2, 0.25) is 0 Å². The van der Waals surface area contributed by atoms with Crippen molar-refractivity contribution >= 4 is 11.8 Å². The summed E-state index contributed by atoms with van der Waals surface area (Å²) in [7, 11) is 0. The van der Waals surface area contributed by atoms with E-state index in [4.69, 9.17) is 4.74 Å². The lowest BCUT2D eigenvalue weighted by Crippen LogP contribution is -2.41. The minimum Gasteiger partial charge on any atom is -0.379 e. The fourth-order valence-corrected chi connectivity index (χ4v) is 3.40. The van der Waals surface area contributed by atoms with Crippen molar-refractivity contribution in [3.05, 3.63) is 23.9 Å². The van der Waals surface area contributed by atoms with Crippen molar-refractivity contribution in [2.45, 2.75) is 13.3 Å². The van der Waals surface area contributed by atoms with E-state index in [1.807, 2.05) is 19.1 Å². The molecule has 0 aliphatic carbocycles. The number of rotatable bonds is 6. The third-order valence-electron chi connectivity index (χ3n) is 5.00. The minimum absolute atomic E-state index is 0.173. The normalized spacial score (nSPS) is 22.0. The SMILES string of the molecule is Cc1cccnc1NC(=O)NC[C@@H]1CCN(CCN2CCOCC2)C1. The van der Waals surface area contributed by atoms with E-state index < -0.39 is 0 Å². The summed E-state index contributed by atoms with van der Waals surface area (Å²) in [4.78, 5) is 21.2. The molecule has 2 saturated heterocycles. The van der Waals surface area contributed by atoms with E-state index in [0.29, 0.717) is 18.3 Å². The molecule has 0 bridgehead atoms. The highest BCUT2D eigenvalue weighted by Gasteiger charge is 2.23. The van der Waals surface area contributed by atoms with Gasteiger partial charge in [-0.2, -0.15) is 0 Å². The maximum atomic E-state index is 12.0. The summed E-state index contributed by atoms with van der Waals surface area (Å²) < 4.78 is 5.39. The van der Waals surface area contributed by atoms with E-state index in [0.717, 1.165) is 64.5 Å². The standard InChI is InChI=1S/C18H29N5O2/c1-15-3-2-5-19-17(15)21-18(24)20-13-16-4-6-23(14-16)8-7-22-9-11-25-12-10-22/h2-3,5,16H,4,6-14H2,1H3,(H2,19,20,21,24)/t16-/m0/s1. The van der Waals surface area contributed by atoms with Crippen molar-refractivity contribution in [3.63, 3.8) is 0 Å². The average molecular weight is 347 g/mol. The molecule has 25 heavy (non-hydrogen) atoms. The molecule has 1 aromatic rings. The molecule has 2 aliphatic rings. The van der Waals surface area contributed by atoms with E-state index in [-0.39, 0.29) is 6.03 Å². The number of morpholine rings is 1. The number of amides is 2. The second-order valence-electron chi connectivity index (χ2n) is 6.91. The van der Waals surface area contributed by atoms with Gasteiger partial charge in [0.1, 0.15) is 5.82 Å². The molecule has 0 aromatic carbocycles. The monoisotopic (exact) mass is 347 g/mol. The van der Waals surface area contributed by atoms with Gasteiger partial charge in [0.25, 0.3) is 0 Å². The number of nitrogens with zero attached hydrogens (tertiary/aromatic N) is 3. The van der Waals surface area contributed by atoms with Crippen LogP contribution in [0.5, 0.6) is 0 Å². The van der Waals surface area contributed by atoms with E-state index in [9.17, 15) is 4.79 Å². The molecule has 7 nitrogen and oxygen atoms in total. The Morgan fingerprint density at radius 2 is 2.08 bits per heavy atom. The van der Waals surface area contributed by atoms with Crippen LogP contribution >= 0.6 is 0 Å². The number of carbonyl (C=O) groups excluding carboxylic acids is 1. The van der Waals surface area contributed by atoms with Crippen LogP contribution in [0, 0.1) is 12.8 Å².